The van der Waals surface area contributed by atoms with Crippen LogP contribution >= 0.6 is 0 Å². The Balaban J connectivity index is 2.01. The molecule has 0 aliphatic carbocycles. The highest BCUT2D eigenvalue weighted by atomic mass is 16.5. The predicted octanol–water partition coefficient (Wildman–Crippen LogP) is 1.36. The maximum absolute atomic E-state index is 11.0. The van der Waals surface area contributed by atoms with Crippen LogP contribution in [0.2, 0.25) is 0 Å². The number of nitrogens with zero attached hydrogens (tertiary/aromatic N) is 2. The van der Waals surface area contributed by atoms with Gasteiger partial charge >= 0.3 is 5.97 Å². The first kappa shape index (κ1) is 15.2. The van der Waals surface area contributed by atoms with Crippen molar-refractivity contribution >= 4 is 23.6 Å². The minimum Gasteiger partial charge on any atom is -0.475 e. The van der Waals surface area contributed by atoms with Crippen LogP contribution in [-0.2, 0) is 14.3 Å². The average Bonchev–Trinajstić information content (AvgIpc) is 2.53. The highest BCUT2D eigenvalue weighted by Gasteiger charge is 2.19. The molecule has 21 heavy (non-hydrogen) atoms. The van der Waals surface area contributed by atoms with Gasteiger partial charge in [0.25, 0.3) is 5.78 Å². The first-order valence-corrected chi connectivity index (χ1v) is 6.80. The van der Waals surface area contributed by atoms with E-state index in [4.69, 9.17) is 9.84 Å². The van der Waals surface area contributed by atoms with Crippen LogP contribution < -0.4 is 4.90 Å². The summed E-state index contributed by atoms with van der Waals surface area (Å²) in [5.74, 6) is -1.56. The molecule has 0 spiro atoms. The number of ketones is 1. The first-order valence-electron chi connectivity index (χ1n) is 6.80. The summed E-state index contributed by atoms with van der Waals surface area (Å²) < 4.78 is 5.34. The zero-order chi connectivity index (χ0) is 15.2. The maximum Gasteiger partial charge on any atom is 0.376 e. The summed E-state index contributed by atoms with van der Waals surface area (Å²) in [6, 6.07) is 4.09. The number of carbonyl (C=O) groups is 2. The third-order valence-electron chi connectivity index (χ3n) is 3.51. The van der Waals surface area contributed by atoms with Gasteiger partial charge in [-0.05, 0) is 42.7 Å². The van der Waals surface area contributed by atoms with Gasteiger partial charge in [-0.3, -0.25) is 4.79 Å². The lowest BCUT2D eigenvalue weighted by atomic mass is 10.1. The summed E-state index contributed by atoms with van der Waals surface area (Å²) in [5.41, 5.74) is 0.689. The molecular weight excluding hydrogens is 272 g/mol. The van der Waals surface area contributed by atoms with Crippen molar-refractivity contribution in [3.05, 3.63) is 30.0 Å². The predicted molar refractivity (Wildman–Crippen MR) is 78.2 cm³/mol. The Labute approximate surface area is 123 Å². The van der Waals surface area contributed by atoms with Crippen LogP contribution in [0.1, 0.15) is 18.4 Å². The van der Waals surface area contributed by atoms with Gasteiger partial charge in [0.1, 0.15) is 5.82 Å². The normalized spacial score (nSPS) is 16.0. The third kappa shape index (κ3) is 4.13. The summed E-state index contributed by atoms with van der Waals surface area (Å²) in [7, 11) is 2.00. The number of carboxylic acids is 1. The van der Waals surface area contributed by atoms with Gasteiger partial charge in [0, 0.05) is 32.5 Å². The molecule has 0 amide bonds. The van der Waals surface area contributed by atoms with Crippen LogP contribution in [0.25, 0.3) is 6.08 Å². The fraction of sp³-hybridized carbons (Fsp3) is 0.400. The summed E-state index contributed by atoms with van der Waals surface area (Å²) >= 11 is 0. The van der Waals surface area contributed by atoms with Crippen LogP contribution in [-0.4, -0.2) is 48.1 Å². The molecule has 6 nitrogen and oxygen atoms in total. The Hall–Kier alpha value is -2.21. The first-order chi connectivity index (χ1) is 10.1. The average molecular weight is 290 g/mol. The number of hydrogen-bond acceptors (Lipinski definition) is 5. The van der Waals surface area contributed by atoms with E-state index in [1.807, 2.05) is 19.2 Å². The molecule has 1 aromatic rings. The quantitative estimate of drug-likeness (QED) is 0.651. The molecular formula is C15H18N2O4. The van der Waals surface area contributed by atoms with Crippen molar-refractivity contribution in [2.24, 2.45) is 0 Å². The van der Waals surface area contributed by atoms with E-state index >= 15 is 0 Å². The molecule has 2 heterocycles. The molecule has 1 aliphatic rings. The summed E-state index contributed by atoms with van der Waals surface area (Å²) in [6.07, 6.45) is 6.06. The largest absolute Gasteiger partial charge is 0.475 e. The van der Waals surface area contributed by atoms with Gasteiger partial charge in [-0.15, -0.1) is 0 Å². The van der Waals surface area contributed by atoms with Crippen molar-refractivity contribution in [2.75, 3.05) is 25.2 Å². The van der Waals surface area contributed by atoms with Crippen LogP contribution in [0.15, 0.2) is 24.4 Å². The summed E-state index contributed by atoms with van der Waals surface area (Å²) in [6.45, 7) is 1.54. The lowest BCUT2D eigenvalue weighted by Crippen LogP contribution is -2.37. The Kier molecular flexibility index (Phi) is 5.05. The zero-order valence-corrected chi connectivity index (χ0v) is 11.9. The molecule has 6 heteroatoms. The SMILES string of the molecule is CN(c1ccc(/C=C/C(=O)C(=O)O)cn1)C1CCOCC1. The maximum atomic E-state index is 11.0. The molecule has 0 unspecified atom stereocenters. The highest BCUT2D eigenvalue weighted by Crippen LogP contribution is 2.19. The van der Waals surface area contributed by atoms with Gasteiger partial charge in [-0.25, -0.2) is 9.78 Å². The lowest BCUT2D eigenvalue weighted by Gasteiger charge is -2.32. The Morgan fingerprint density at radius 1 is 1.38 bits per heavy atom. The minimum absolute atomic E-state index is 0.418. The van der Waals surface area contributed by atoms with Crippen molar-refractivity contribution in [3.63, 3.8) is 0 Å². The molecule has 1 saturated heterocycles. The van der Waals surface area contributed by atoms with E-state index in [0.717, 1.165) is 37.9 Å². The van der Waals surface area contributed by atoms with Gasteiger partial charge in [0.15, 0.2) is 0 Å². The van der Waals surface area contributed by atoms with E-state index in [9.17, 15) is 9.59 Å². The molecule has 0 aromatic carbocycles. The number of anilines is 1. The Bertz CT molecular complexity index is 533. The Morgan fingerprint density at radius 2 is 2.10 bits per heavy atom. The van der Waals surface area contributed by atoms with Crippen LogP contribution in [0.3, 0.4) is 0 Å². The monoisotopic (exact) mass is 290 g/mol. The molecule has 0 saturated carbocycles. The lowest BCUT2D eigenvalue weighted by molar-refractivity contribution is -0.146. The number of aliphatic carboxylic acids is 1. The zero-order valence-electron chi connectivity index (χ0n) is 11.9. The Morgan fingerprint density at radius 3 is 2.67 bits per heavy atom. The van der Waals surface area contributed by atoms with Gasteiger partial charge in [0.05, 0.1) is 0 Å². The van der Waals surface area contributed by atoms with Crippen molar-refractivity contribution in [2.45, 2.75) is 18.9 Å². The van der Waals surface area contributed by atoms with Crippen molar-refractivity contribution in [1.82, 2.24) is 4.98 Å². The standard InChI is InChI=1S/C15H18N2O4/c1-17(12-6-8-21-9-7-12)14-5-3-11(10-16-14)2-4-13(18)15(19)20/h2-5,10,12H,6-9H2,1H3,(H,19,20)/b4-2+. The van der Waals surface area contributed by atoms with Crippen molar-refractivity contribution < 1.29 is 19.4 Å². The van der Waals surface area contributed by atoms with Crippen LogP contribution in [0.5, 0.6) is 0 Å². The molecule has 0 radical (unpaired) electrons. The van der Waals surface area contributed by atoms with E-state index in [2.05, 4.69) is 9.88 Å². The number of carboxylic acid groups (broad SMARTS) is 1. The van der Waals surface area contributed by atoms with E-state index in [-0.39, 0.29) is 0 Å². The van der Waals surface area contributed by atoms with Gasteiger partial charge < -0.3 is 14.7 Å². The number of carbonyl (C=O) groups excluding carboxylic acids is 1. The second-order valence-electron chi connectivity index (χ2n) is 4.91. The molecule has 1 fully saturated rings. The van der Waals surface area contributed by atoms with Crippen molar-refractivity contribution in [3.8, 4) is 0 Å². The fourth-order valence-electron chi connectivity index (χ4n) is 2.21. The fourth-order valence-corrected chi connectivity index (χ4v) is 2.21. The topological polar surface area (TPSA) is 79.7 Å². The van der Waals surface area contributed by atoms with E-state index in [1.54, 1.807) is 6.20 Å². The molecule has 2 rings (SSSR count). The van der Waals surface area contributed by atoms with Gasteiger partial charge in [-0.1, -0.05) is 0 Å². The third-order valence-corrected chi connectivity index (χ3v) is 3.51. The van der Waals surface area contributed by atoms with Crippen molar-refractivity contribution in [1.29, 1.82) is 0 Å². The van der Waals surface area contributed by atoms with E-state index < -0.39 is 11.8 Å². The van der Waals surface area contributed by atoms with E-state index in [1.165, 1.54) is 6.08 Å². The summed E-state index contributed by atoms with van der Waals surface area (Å²) in [4.78, 5) is 27.9. The number of ether oxygens (including phenoxy) is 1. The molecule has 0 atom stereocenters. The second kappa shape index (κ2) is 6.99. The summed E-state index contributed by atoms with van der Waals surface area (Å²) in [5, 5.41) is 8.49. The molecule has 0 bridgehead atoms. The number of hydrogen-bond donors (Lipinski definition) is 1. The molecule has 1 N–H and O–H groups in total. The molecule has 1 aliphatic heterocycles. The van der Waals surface area contributed by atoms with Gasteiger partial charge in [0.2, 0.25) is 0 Å². The van der Waals surface area contributed by atoms with Gasteiger partial charge in [-0.2, -0.15) is 0 Å². The second-order valence-corrected chi connectivity index (χ2v) is 4.91. The van der Waals surface area contributed by atoms with E-state index in [0.29, 0.717) is 11.6 Å². The van der Waals surface area contributed by atoms with Crippen LogP contribution in [0, 0.1) is 0 Å². The molecule has 1 aromatic heterocycles. The number of rotatable bonds is 5. The van der Waals surface area contributed by atoms with Crippen LogP contribution in [0.4, 0.5) is 5.82 Å². The smallest absolute Gasteiger partial charge is 0.376 e. The molecule has 112 valence electrons. The highest BCUT2D eigenvalue weighted by molar-refractivity contribution is 6.38. The number of aromatic nitrogens is 1. The number of pyridine rings is 1. The minimum atomic E-state index is -1.46.